The van der Waals surface area contributed by atoms with Crippen LogP contribution in [-0.4, -0.2) is 40.4 Å². The van der Waals surface area contributed by atoms with Gasteiger partial charge in [-0.1, -0.05) is 30.3 Å². The predicted octanol–water partition coefficient (Wildman–Crippen LogP) is 2.11. The SMILES string of the molecule is O=C1C[C@]2(CCN(Cc3ccccc3)C2)CN1c1cncnc1. The van der Waals surface area contributed by atoms with E-state index in [4.69, 9.17) is 0 Å². The Kier molecular flexibility index (Phi) is 3.58. The smallest absolute Gasteiger partial charge is 0.227 e. The van der Waals surface area contributed by atoms with Gasteiger partial charge in [0.25, 0.3) is 0 Å². The lowest BCUT2D eigenvalue weighted by Gasteiger charge is -2.24. The van der Waals surface area contributed by atoms with Crippen LogP contribution in [0.3, 0.4) is 0 Å². The van der Waals surface area contributed by atoms with Gasteiger partial charge in [-0.25, -0.2) is 9.97 Å². The normalized spacial score (nSPS) is 24.7. The van der Waals surface area contributed by atoms with Gasteiger partial charge in [0, 0.05) is 31.5 Å². The molecule has 2 aliphatic rings. The number of anilines is 1. The third-order valence-electron chi connectivity index (χ3n) is 4.95. The van der Waals surface area contributed by atoms with Gasteiger partial charge in [0.1, 0.15) is 6.33 Å². The number of likely N-dealkylation sites (tertiary alicyclic amines) is 1. The van der Waals surface area contributed by atoms with Crippen molar-refractivity contribution >= 4 is 11.6 Å². The summed E-state index contributed by atoms with van der Waals surface area (Å²) in [5.41, 5.74) is 2.24. The molecule has 2 aliphatic heterocycles. The van der Waals surface area contributed by atoms with Crippen molar-refractivity contribution in [1.29, 1.82) is 0 Å². The Labute approximate surface area is 136 Å². The maximum atomic E-state index is 12.5. The van der Waals surface area contributed by atoms with Crippen molar-refractivity contribution in [3.05, 3.63) is 54.6 Å². The quantitative estimate of drug-likeness (QED) is 0.871. The molecule has 2 fully saturated rings. The molecule has 1 spiro atoms. The summed E-state index contributed by atoms with van der Waals surface area (Å²) in [7, 11) is 0. The molecule has 2 saturated heterocycles. The third-order valence-corrected chi connectivity index (χ3v) is 4.95. The Hall–Kier alpha value is -2.27. The van der Waals surface area contributed by atoms with Crippen molar-refractivity contribution in [2.24, 2.45) is 5.41 Å². The standard InChI is InChI=1S/C18H20N4O/c23-17-8-18(13-22(17)16-9-19-14-20-10-16)6-7-21(12-18)11-15-4-2-1-3-5-15/h1-5,9-10,14H,6-8,11-13H2/t18-/m0/s1. The molecule has 5 nitrogen and oxygen atoms in total. The predicted molar refractivity (Wildman–Crippen MR) is 87.8 cm³/mol. The number of hydrogen-bond donors (Lipinski definition) is 0. The zero-order valence-corrected chi connectivity index (χ0v) is 13.1. The number of rotatable bonds is 3. The minimum atomic E-state index is 0.0850. The summed E-state index contributed by atoms with van der Waals surface area (Å²) in [5.74, 6) is 0.196. The molecule has 23 heavy (non-hydrogen) atoms. The number of benzene rings is 1. The van der Waals surface area contributed by atoms with E-state index < -0.39 is 0 Å². The minimum absolute atomic E-state index is 0.0850. The van der Waals surface area contributed by atoms with Crippen molar-refractivity contribution in [3.8, 4) is 0 Å². The first-order valence-corrected chi connectivity index (χ1v) is 8.06. The van der Waals surface area contributed by atoms with Gasteiger partial charge >= 0.3 is 0 Å². The molecule has 0 N–H and O–H groups in total. The number of amides is 1. The Morgan fingerprint density at radius 2 is 1.87 bits per heavy atom. The molecule has 1 amide bonds. The van der Waals surface area contributed by atoms with E-state index in [1.165, 1.54) is 11.9 Å². The van der Waals surface area contributed by atoms with E-state index in [2.05, 4.69) is 39.1 Å². The lowest BCUT2D eigenvalue weighted by atomic mass is 9.86. The highest BCUT2D eigenvalue weighted by atomic mass is 16.2. The molecule has 0 radical (unpaired) electrons. The number of carbonyl (C=O) groups is 1. The minimum Gasteiger partial charge on any atom is -0.309 e. The summed E-state index contributed by atoms with van der Waals surface area (Å²) in [6.45, 7) is 3.79. The first kappa shape index (κ1) is 14.3. The number of carbonyl (C=O) groups excluding carboxylic acids is 1. The lowest BCUT2D eigenvalue weighted by molar-refractivity contribution is -0.117. The van der Waals surface area contributed by atoms with Crippen LogP contribution in [0.25, 0.3) is 0 Å². The van der Waals surface area contributed by atoms with Gasteiger partial charge in [0.15, 0.2) is 0 Å². The van der Waals surface area contributed by atoms with E-state index >= 15 is 0 Å². The summed E-state index contributed by atoms with van der Waals surface area (Å²) in [5, 5.41) is 0. The third kappa shape index (κ3) is 2.84. The van der Waals surface area contributed by atoms with Crippen molar-refractivity contribution in [2.45, 2.75) is 19.4 Å². The molecule has 2 aromatic rings. The molecule has 5 heteroatoms. The highest BCUT2D eigenvalue weighted by Crippen LogP contribution is 2.41. The van der Waals surface area contributed by atoms with E-state index in [1.54, 1.807) is 12.4 Å². The van der Waals surface area contributed by atoms with Crippen molar-refractivity contribution in [3.63, 3.8) is 0 Å². The lowest BCUT2D eigenvalue weighted by Crippen LogP contribution is -2.31. The highest BCUT2D eigenvalue weighted by molar-refractivity contribution is 5.96. The van der Waals surface area contributed by atoms with Gasteiger partial charge in [-0.2, -0.15) is 0 Å². The van der Waals surface area contributed by atoms with Gasteiger partial charge in [0.05, 0.1) is 18.1 Å². The van der Waals surface area contributed by atoms with Crippen LogP contribution in [0.5, 0.6) is 0 Å². The van der Waals surface area contributed by atoms with Gasteiger partial charge in [-0.05, 0) is 18.5 Å². The molecule has 0 saturated carbocycles. The topological polar surface area (TPSA) is 49.3 Å². The summed E-state index contributed by atoms with van der Waals surface area (Å²) in [6, 6.07) is 10.5. The van der Waals surface area contributed by atoms with Crippen LogP contribution >= 0.6 is 0 Å². The first-order valence-electron chi connectivity index (χ1n) is 8.06. The molecule has 1 aromatic heterocycles. The molecule has 0 unspecified atom stereocenters. The van der Waals surface area contributed by atoms with Crippen molar-refractivity contribution < 1.29 is 4.79 Å². The van der Waals surface area contributed by atoms with Crippen LogP contribution < -0.4 is 4.90 Å². The zero-order chi connectivity index (χ0) is 15.7. The molecule has 1 atom stereocenters. The zero-order valence-electron chi connectivity index (χ0n) is 13.1. The average molecular weight is 308 g/mol. The maximum Gasteiger partial charge on any atom is 0.227 e. The molecule has 3 heterocycles. The molecule has 4 rings (SSSR count). The van der Waals surface area contributed by atoms with Crippen LogP contribution in [0.2, 0.25) is 0 Å². The maximum absolute atomic E-state index is 12.5. The van der Waals surface area contributed by atoms with E-state index in [9.17, 15) is 4.79 Å². The molecule has 0 aliphatic carbocycles. The molecule has 118 valence electrons. The Morgan fingerprint density at radius 3 is 2.65 bits per heavy atom. The van der Waals surface area contributed by atoms with Gasteiger partial charge in [-0.3, -0.25) is 9.69 Å². The summed E-state index contributed by atoms with van der Waals surface area (Å²) >= 11 is 0. The van der Waals surface area contributed by atoms with Gasteiger partial charge < -0.3 is 4.90 Å². The van der Waals surface area contributed by atoms with Crippen molar-refractivity contribution in [1.82, 2.24) is 14.9 Å². The van der Waals surface area contributed by atoms with E-state index in [0.717, 1.165) is 38.3 Å². The van der Waals surface area contributed by atoms with E-state index in [1.807, 2.05) is 11.0 Å². The monoisotopic (exact) mass is 308 g/mol. The average Bonchev–Trinajstić information content (AvgIpc) is 3.12. The largest absolute Gasteiger partial charge is 0.309 e. The summed E-state index contributed by atoms with van der Waals surface area (Å²) in [6.07, 6.45) is 6.65. The second-order valence-electron chi connectivity index (χ2n) is 6.70. The molecule has 0 bridgehead atoms. The van der Waals surface area contributed by atoms with E-state index in [0.29, 0.717) is 6.42 Å². The highest BCUT2D eigenvalue weighted by Gasteiger charge is 2.47. The van der Waals surface area contributed by atoms with Crippen LogP contribution in [0.1, 0.15) is 18.4 Å². The fourth-order valence-corrected chi connectivity index (χ4v) is 3.84. The Balaban J connectivity index is 1.45. The summed E-state index contributed by atoms with van der Waals surface area (Å²) < 4.78 is 0. The van der Waals surface area contributed by atoms with Crippen LogP contribution in [-0.2, 0) is 11.3 Å². The number of aromatic nitrogens is 2. The second-order valence-corrected chi connectivity index (χ2v) is 6.70. The fraction of sp³-hybridized carbons (Fsp3) is 0.389. The Morgan fingerprint density at radius 1 is 1.09 bits per heavy atom. The first-order chi connectivity index (χ1) is 11.2. The molecular formula is C18H20N4O. The van der Waals surface area contributed by atoms with Crippen LogP contribution in [0.15, 0.2) is 49.1 Å². The summed E-state index contributed by atoms with van der Waals surface area (Å²) in [4.78, 5) is 24.8. The van der Waals surface area contributed by atoms with Gasteiger partial charge in [-0.15, -0.1) is 0 Å². The second kappa shape index (κ2) is 5.74. The number of nitrogens with zero attached hydrogens (tertiary/aromatic N) is 4. The fourth-order valence-electron chi connectivity index (χ4n) is 3.84. The van der Waals surface area contributed by atoms with E-state index in [-0.39, 0.29) is 11.3 Å². The van der Waals surface area contributed by atoms with Gasteiger partial charge in [0.2, 0.25) is 5.91 Å². The number of hydrogen-bond acceptors (Lipinski definition) is 4. The van der Waals surface area contributed by atoms with Crippen LogP contribution in [0.4, 0.5) is 5.69 Å². The van der Waals surface area contributed by atoms with Crippen LogP contribution in [0, 0.1) is 5.41 Å². The molecule has 1 aromatic carbocycles. The Bertz CT molecular complexity index is 691. The molecular weight excluding hydrogens is 288 g/mol. The van der Waals surface area contributed by atoms with Crippen molar-refractivity contribution in [2.75, 3.05) is 24.5 Å².